The van der Waals surface area contributed by atoms with E-state index in [-0.39, 0.29) is 0 Å². The van der Waals surface area contributed by atoms with Gasteiger partial charge in [0, 0.05) is 24.3 Å². The van der Waals surface area contributed by atoms with E-state index < -0.39 is 0 Å². The van der Waals surface area contributed by atoms with Gasteiger partial charge in [-0.2, -0.15) is 10.2 Å². The third-order valence-electron chi connectivity index (χ3n) is 3.35. The Balaban J connectivity index is 2.09. The van der Waals surface area contributed by atoms with Crippen molar-refractivity contribution in [2.45, 2.75) is 46.3 Å². The molecular weight excluding hydrogens is 252 g/mol. The zero-order valence-electron chi connectivity index (χ0n) is 12.7. The summed E-state index contributed by atoms with van der Waals surface area (Å²) in [5.74, 6) is 1.50. The predicted octanol–water partition coefficient (Wildman–Crippen LogP) is 1.85. The molecule has 110 valence electrons. The second-order valence-corrected chi connectivity index (χ2v) is 5.47. The molecular formula is C14H24N6. The molecule has 0 saturated heterocycles. The Bertz CT molecular complexity index is 523. The molecule has 1 N–H and O–H groups in total. The Morgan fingerprint density at radius 1 is 1.30 bits per heavy atom. The smallest absolute Gasteiger partial charge is 0.148 e. The monoisotopic (exact) mass is 276 g/mol. The molecule has 2 aromatic rings. The van der Waals surface area contributed by atoms with Gasteiger partial charge in [0.1, 0.15) is 18.7 Å². The van der Waals surface area contributed by atoms with Gasteiger partial charge in [-0.15, -0.1) is 0 Å². The standard InChI is InChI=1S/C14H24N6/c1-5-13(15-4)12-6-17-19(8-12)9-14-16-10-18-20(14)7-11(2)3/h6,8,10-11,13,15H,5,7,9H2,1-4H3. The van der Waals surface area contributed by atoms with Crippen molar-refractivity contribution in [3.8, 4) is 0 Å². The van der Waals surface area contributed by atoms with Crippen LogP contribution in [0.1, 0.15) is 44.6 Å². The Morgan fingerprint density at radius 3 is 2.75 bits per heavy atom. The summed E-state index contributed by atoms with van der Waals surface area (Å²) < 4.78 is 3.89. The van der Waals surface area contributed by atoms with Gasteiger partial charge in [0.15, 0.2) is 0 Å². The zero-order chi connectivity index (χ0) is 14.5. The van der Waals surface area contributed by atoms with Crippen LogP contribution < -0.4 is 5.32 Å². The van der Waals surface area contributed by atoms with Crippen molar-refractivity contribution in [3.05, 3.63) is 30.1 Å². The van der Waals surface area contributed by atoms with Crippen LogP contribution in [0.25, 0.3) is 0 Å². The van der Waals surface area contributed by atoms with Crippen LogP contribution in [0, 0.1) is 5.92 Å². The highest BCUT2D eigenvalue weighted by molar-refractivity contribution is 5.10. The molecule has 0 aromatic carbocycles. The summed E-state index contributed by atoms with van der Waals surface area (Å²) in [6, 6.07) is 0.359. The first-order valence-corrected chi connectivity index (χ1v) is 7.20. The summed E-state index contributed by atoms with van der Waals surface area (Å²) >= 11 is 0. The van der Waals surface area contributed by atoms with Crippen LogP contribution in [-0.2, 0) is 13.1 Å². The van der Waals surface area contributed by atoms with E-state index in [1.807, 2.05) is 22.6 Å². The average Bonchev–Trinajstić information content (AvgIpc) is 3.02. The lowest BCUT2D eigenvalue weighted by Gasteiger charge is -2.10. The third kappa shape index (κ3) is 3.45. The van der Waals surface area contributed by atoms with E-state index in [1.165, 1.54) is 5.56 Å². The van der Waals surface area contributed by atoms with Crippen molar-refractivity contribution in [1.82, 2.24) is 29.9 Å². The molecule has 0 aliphatic carbocycles. The van der Waals surface area contributed by atoms with Crippen molar-refractivity contribution in [2.24, 2.45) is 5.92 Å². The molecule has 2 rings (SSSR count). The first-order valence-electron chi connectivity index (χ1n) is 7.20. The molecule has 20 heavy (non-hydrogen) atoms. The maximum Gasteiger partial charge on any atom is 0.148 e. The van der Waals surface area contributed by atoms with E-state index in [2.05, 4.69) is 47.5 Å². The van der Waals surface area contributed by atoms with Crippen molar-refractivity contribution in [2.75, 3.05) is 7.05 Å². The van der Waals surface area contributed by atoms with Crippen LogP contribution >= 0.6 is 0 Å². The number of nitrogens with zero attached hydrogens (tertiary/aromatic N) is 5. The van der Waals surface area contributed by atoms with E-state index in [0.29, 0.717) is 18.5 Å². The van der Waals surface area contributed by atoms with Gasteiger partial charge in [-0.3, -0.25) is 4.68 Å². The maximum atomic E-state index is 4.42. The SMILES string of the molecule is CCC(NC)c1cnn(Cc2ncnn2CC(C)C)c1. The van der Waals surface area contributed by atoms with Gasteiger partial charge in [0.25, 0.3) is 0 Å². The molecule has 1 atom stereocenters. The van der Waals surface area contributed by atoms with Crippen molar-refractivity contribution >= 4 is 0 Å². The highest BCUT2D eigenvalue weighted by Crippen LogP contribution is 2.15. The van der Waals surface area contributed by atoms with Gasteiger partial charge >= 0.3 is 0 Å². The van der Waals surface area contributed by atoms with Crippen LogP contribution in [-0.4, -0.2) is 31.6 Å². The highest BCUT2D eigenvalue weighted by atomic mass is 15.4. The Hall–Kier alpha value is -1.69. The lowest BCUT2D eigenvalue weighted by Crippen LogP contribution is -2.15. The fourth-order valence-corrected chi connectivity index (χ4v) is 2.31. The second-order valence-electron chi connectivity index (χ2n) is 5.47. The maximum absolute atomic E-state index is 4.42. The van der Waals surface area contributed by atoms with Gasteiger partial charge in [-0.05, 0) is 19.4 Å². The molecule has 0 saturated carbocycles. The van der Waals surface area contributed by atoms with Crippen LogP contribution in [0.2, 0.25) is 0 Å². The van der Waals surface area contributed by atoms with Crippen molar-refractivity contribution < 1.29 is 0 Å². The summed E-state index contributed by atoms with van der Waals surface area (Å²) in [5, 5.41) is 12.0. The molecule has 0 amide bonds. The Morgan fingerprint density at radius 2 is 2.10 bits per heavy atom. The molecule has 2 heterocycles. The topological polar surface area (TPSA) is 60.6 Å². The van der Waals surface area contributed by atoms with Crippen LogP contribution in [0.5, 0.6) is 0 Å². The molecule has 0 fully saturated rings. The van der Waals surface area contributed by atoms with Crippen LogP contribution in [0.15, 0.2) is 18.7 Å². The van der Waals surface area contributed by atoms with E-state index in [1.54, 1.807) is 6.33 Å². The van der Waals surface area contributed by atoms with Crippen LogP contribution in [0.3, 0.4) is 0 Å². The number of rotatable bonds is 7. The lowest BCUT2D eigenvalue weighted by molar-refractivity contribution is 0.456. The van der Waals surface area contributed by atoms with E-state index >= 15 is 0 Å². The summed E-state index contributed by atoms with van der Waals surface area (Å²) in [6.45, 7) is 8.06. The fraction of sp³-hybridized carbons (Fsp3) is 0.643. The third-order valence-corrected chi connectivity index (χ3v) is 3.35. The van der Waals surface area contributed by atoms with Crippen LogP contribution in [0.4, 0.5) is 0 Å². The minimum absolute atomic E-state index is 0.359. The molecule has 6 nitrogen and oxygen atoms in total. The summed E-state index contributed by atoms with van der Waals surface area (Å²) in [6.07, 6.45) is 6.67. The van der Waals surface area contributed by atoms with Gasteiger partial charge < -0.3 is 5.32 Å². The second kappa shape index (κ2) is 6.65. The van der Waals surface area contributed by atoms with Gasteiger partial charge in [-0.25, -0.2) is 9.67 Å². The summed E-state index contributed by atoms with van der Waals surface area (Å²) in [4.78, 5) is 4.33. The van der Waals surface area contributed by atoms with Crippen molar-refractivity contribution in [3.63, 3.8) is 0 Å². The Kier molecular flexibility index (Phi) is 4.89. The zero-order valence-corrected chi connectivity index (χ0v) is 12.7. The lowest BCUT2D eigenvalue weighted by atomic mass is 10.1. The molecule has 2 aromatic heterocycles. The normalized spacial score (nSPS) is 13.1. The first kappa shape index (κ1) is 14.7. The number of hydrogen-bond acceptors (Lipinski definition) is 4. The number of aromatic nitrogens is 5. The van der Waals surface area contributed by atoms with E-state index in [9.17, 15) is 0 Å². The summed E-state index contributed by atoms with van der Waals surface area (Å²) in [5.41, 5.74) is 1.21. The van der Waals surface area contributed by atoms with Gasteiger partial charge in [-0.1, -0.05) is 20.8 Å². The molecule has 0 aliphatic heterocycles. The predicted molar refractivity (Wildman–Crippen MR) is 78.3 cm³/mol. The van der Waals surface area contributed by atoms with E-state index in [0.717, 1.165) is 18.8 Å². The average molecular weight is 276 g/mol. The molecule has 6 heteroatoms. The molecule has 0 radical (unpaired) electrons. The van der Waals surface area contributed by atoms with Crippen molar-refractivity contribution in [1.29, 1.82) is 0 Å². The first-order chi connectivity index (χ1) is 9.63. The minimum Gasteiger partial charge on any atom is -0.313 e. The Labute approximate surface area is 120 Å². The van der Waals surface area contributed by atoms with Gasteiger partial charge in [0.05, 0.1) is 6.20 Å². The van der Waals surface area contributed by atoms with Gasteiger partial charge in [0.2, 0.25) is 0 Å². The molecule has 0 bridgehead atoms. The molecule has 1 unspecified atom stereocenters. The fourth-order valence-electron chi connectivity index (χ4n) is 2.31. The highest BCUT2D eigenvalue weighted by Gasteiger charge is 2.11. The molecule has 0 spiro atoms. The largest absolute Gasteiger partial charge is 0.313 e. The number of hydrogen-bond donors (Lipinski definition) is 1. The van der Waals surface area contributed by atoms with E-state index in [4.69, 9.17) is 0 Å². The minimum atomic E-state index is 0.359. The summed E-state index contributed by atoms with van der Waals surface area (Å²) in [7, 11) is 1.98. The molecule has 0 aliphatic rings. The number of nitrogens with one attached hydrogen (secondary N) is 1. The quantitative estimate of drug-likeness (QED) is 0.838.